The topological polar surface area (TPSA) is 95.4 Å². The molecule has 2 aromatic rings. The van der Waals surface area contributed by atoms with Crippen LogP contribution < -0.4 is 10.2 Å². The van der Waals surface area contributed by atoms with E-state index in [1.54, 1.807) is 24.4 Å². The minimum absolute atomic E-state index is 0.219. The first-order valence-electron chi connectivity index (χ1n) is 9.23. The van der Waals surface area contributed by atoms with Gasteiger partial charge in [-0.25, -0.2) is 14.8 Å². The van der Waals surface area contributed by atoms with E-state index in [9.17, 15) is 26.7 Å². The van der Waals surface area contributed by atoms with Crippen molar-refractivity contribution in [2.45, 2.75) is 45.2 Å². The number of aromatic nitrogens is 2. The number of nitrogens with one attached hydrogen (secondary N) is 1. The molecule has 32 heavy (non-hydrogen) atoms. The maximum atomic E-state index is 13.6. The number of carbonyl (C=O) groups excluding carboxylic acids is 1. The Bertz CT molecular complexity index is 1020. The third kappa shape index (κ3) is 5.89. The molecule has 1 aliphatic heterocycles. The van der Waals surface area contributed by atoms with E-state index in [0.29, 0.717) is 18.2 Å². The molecule has 0 radical (unpaired) electrons. The maximum absolute atomic E-state index is 13.6. The molecule has 0 unspecified atom stereocenters. The highest BCUT2D eigenvalue weighted by molar-refractivity contribution is 5.88. The average molecular weight is 460 g/mol. The predicted molar refractivity (Wildman–Crippen MR) is 106 cm³/mol. The number of carboxylic acid groups (broad SMARTS) is 1. The van der Waals surface area contributed by atoms with Crippen molar-refractivity contribution in [3.8, 4) is 0 Å². The lowest BCUT2D eigenvalue weighted by molar-refractivity contribution is -0.192. The first-order chi connectivity index (χ1) is 14.5. The summed E-state index contributed by atoms with van der Waals surface area (Å²) >= 11 is 0. The summed E-state index contributed by atoms with van der Waals surface area (Å²) in [4.78, 5) is 30.5. The van der Waals surface area contributed by atoms with Gasteiger partial charge in [-0.05, 0) is 12.1 Å². The number of fused-ring (bicyclic) bond motifs is 1. The van der Waals surface area contributed by atoms with Gasteiger partial charge < -0.3 is 15.3 Å². The van der Waals surface area contributed by atoms with E-state index < -0.39 is 18.1 Å². The summed E-state index contributed by atoms with van der Waals surface area (Å²) < 4.78 is 59.0. The fraction of sp³-hybridized carbons (Fsp3) is 0.400. The number of rotatable bonds is 3. The van der Waals surface area contributed by atoms with E-state index in [1.807, 2.05) is 4.90 Å². The predicted octanol–water partition coefficient (Wildman–Crippen LogP) is 4.61. The molecule has 12 heteroatoms. The van der Waals surface area contributed by atoms with Crippen LogP contribution in [0.15, 0.2) is 30.5 Å². The molecular formula is C20H21F5N4O3. The van der Waals surface area contributed by atoms with Crippen LogP contribution in [0.25, 0.3) is 0 Å². The van der Waals surface area contributed by atoms with Crippen molar-refractivity contribution in [2.75, 3.05) is 16.8 Å². The number of hydrogen-bond donors (Lipinski definition) is 2. The molecule has 3 heterocycles. The minimum Gasteiger partial charge on any atom is -0.475 e. The van der Waals surface area contributed by atoms with E-state index in [2.05, 4.69) is 29.1 Å². The molecule has 0 aliphatic carbocycles. The summed E-state index contributed by atoms with van der Waals surface area (Å²) in [6.45, 7) is 6.94. The number of nitrogens with zero attached hydrogens (tertiary/aromatic N) is 3. The second-order valence-electron chi connectivity index (χ2n) is 7.81. The molecule has 1 amide bonds. The maximum Gasteiger partial charge on any atom is 0.490 e. The summed E-state index contributed by atoms with van der Waals surface area (Å²) in [5, 5.41) is 9.78. The largest absolute Gasteiger partial charge is 0.490 e. The van der Waals surface area contributed by atoms with Crippen LogP contribution >= 0.6 is 0 Å². The smallest absolute Gasteiger partial charge is 0.475 e. The quantitative estimate of drug-likeness (QED) is 0.650. The van der Waals surface area contributed by atoms with Gasteiger partial charge >= 0.3 is 12.1 Å². The highest BCUT2D eigenvalue weighted by Crippen LogP contribution is 2.44. The van der Waals surface area contributed by atoms with Crippen molar-refractivity contribution in [2.24, 2.45) is 0 Å². The van der Waals surface area contributed by atoms with Crippen molar-refractivity contribution in [1.29, 1.82) is 0 Å². The number of anilines is 3. The van der Waals surface area contributed by atoms with Gasteiger partial charge in [-0.2, -0.15) is 22.0 Å². The van der Waals surface area contributed by atoms with Gasteiger partial charge in [-0.15, -0.1) is 0 Å². The molecule has 3 rings (SSSR count). The number of aliphatic carboxylic acids is 1. The zero-order chi connectivity index (χ0) is 24.5. The van der Waals surface area contributed by atoms with Crippen LogP contribution in [0.4, 0.5) is 39.3 Å². The third-order valence-electron chi connectivity index (χ3n) is 4.46. The molecule has 7 nitrogen and oxygen atoms in total. The molecule has 0 saturated carbocycles. The number of carboxylic acids is 1. The monoisotopic (exact) mass is 460 g/mol. The van der Waals surface area contributed by atoms with E-state index >= 15 is 0 Å². The van der Waals surface area contributed by atoms with Crippen molar-refractivity contribution in [3.05, 3.63) is 41.7 Å². The summed E-state index contributed by atoms with van der Waals surface area (Å²) in [7, 11) is 0. The molecule has 174 valence electrons. The lowest BCUT2D eigenvalue weighted by Gasteiger charge is -2.22. The Morgan fingerprint density at radius 2 is 1.78 bits per heavy atom. The lowest BCUT2D eigenvalue weighted by Crippen LogP contribution is -2.26. The number of halogens is 5. The fourth-order valence-electron chi connectivity index (χ4n) is 3.03. The number of hydrogen-bond acceptors (Lipinski definition) is 5. The van der Waals surface area contributed by atoms with Gasteiger partial charge in [-0.1, -0.05) is 19.9 Å². The van der Waals surface area contributed by atoms with Crippen LogP contribution in [0, 0.1) is 0 Å². The van der Waals surface area contributed by atoms with Crippen molar-refractivity contribution < 1.29 is 36.6 Å². The van der Waals surface area contributed by atoms with Crippen LogP contribution in [-0.2, 0) is 20.9 Å². The lowest BCUT2D eigenvalue weighted by atomic mass is 9.88. The van der Waals surface area contributed by atoms with Crippen molar-refractivity contribution >= 4 is 29.2 Å². The molecule has 1 aliphatic rings. The molecule has 0 saturated heterocycles. The third-order valence-corrected chi connectivity index (χ3v) is 4.46. The Balaban J connectivity index is 0.000000451. The van der Waals surface area contributed by atoms with Gasteiger partial charge in [0.2, 0.25) is 5.91 Å². The van der Waals surface area contributed by atoms with Crippen molar-refractivity contribution in [3.63, 3.8) is 0 Å². The second-order valence-corrected chi connectivity index (χ2v) is 7.81. The number of carbonyl (C=O) groups is 2. The molecule has 0 aromatic carbocycles. The summed E-state index contributed by atoms with van der Waals surface area (Å²) in [5.41, 5.74) is 1.31. The van der Waals surface area contributed by atoms with E-state index in [0.717, 1.165) is 18.2 Å². The Kier molecular flexibility index (Phi) is 6.76. The Morgan fingerprint density at radius 3 is 2.28 bits per heavy atom. The van der Waals surface area contributed by atoms with Crippen LogP contribution in [0.2, 0.25) is 0 Å². The first kappa shape index (κ1) is 25.0. The standard InChI is InChI=1S/C18H20F2N4O.C2HF3O2/c1-11(25)22-15-8-13-12(9-21-15)17(2,3)10-24(13)16-7-5-6-14(23-16)18(4,19)20;3-2(4,5)1(6)7/h5-9H,10H2,1-4H3,(H,21,22,25);(H,6,7). The summed E-state index contributed by atoms with van der Waals surface area (Å²) in [6.07, 6.45) is -3.36. The molecule has 2 aromatic heterocycles. The summed E-state index contributed by atoms with van der Waals surface area (Å²) in [5.74, 6) is -5.11. The SMILES string of the molecule is CC(=O)Nc1cc2c(cn1)C(C)(C)CN2c1cccc(C(C)(F)F)n1.O=C(O)C(F)(F)F. The number of amides is 1. The molecule has 2 N–H and O–H groups in total. The average Bonchev–Trinajstić information content (AvgIpc) is 2.91. The van der Waals surface area contributed by atoms with Crippen LogP contribution in [0.1, 0.15) is 39.0 Å². The number of alkyl halides is 5. The zero-order valence-electron chi connectivity index (χ0n) is 17.6. The molecule has 0 bridgehead atoms. The van der Waals surface area contributed by atoms with E-state index in [4.69, 9.17) is 9.90 Å². The normalized spacial score (nSPS) is 14.8. The van der Waals surface area contributed by atoms with Gasteiger partial charge in [0.25, 0.3) is 5.92 Å². The van der Waals surface area contributed by atoms with Crippen LogP contribution in [0.5, 0.6) is 0 Å². The Morgan fingerprint density at radius 1 is 1.19 bits per heavy atom. The molecule has 0 fully saturated rings. The molecular weight excluding hydrogens is 439 g/mol. The zero-order valence-corrected chi connectivity index (χ0v) is 17.6. The van der Waals surface area contributed by atoms with Crippen LogP contribution in [0.3, 0.4) is 0 Å². The fourth-order valence-corrected chi connectivity index (χ4v) is 3.03. The number of pyridine rings is 2. The molecule has 0 atom stereocenters. The Labute approximate surface area is 180 Å². The van der Waals surface area contributed by atoms with E-state index in [-0.39, 0.29) is 17.0 Å². The van der Waals surface area contributed by atoms with Gasteiger partial charge in [-0.3, -0.25) is 4.79 Å². The Hall–Kier alpha value is -3.31. The molecule has 0 spiro atoms. The highest BCUT2D eigenvalue weighted by Gasteiger charge is 2.39. The van der Waals surface area contributed by atoms with E-state index in [1.165, 1.54) is 13.0 Å². The second kappa shape index (κ2) is 8.67. The van der Waals surface area contributed by atoms with Gasteiger partial charge in [0, 0.05) is 43.6 Å². The van der Waals surface area contributed by atoms with Gasteiger partial charge in [0.1, 0.15) is 17.3 Å². The first-order valence-corrected chi connectivity index (χ1v) is 9.23. The van der Waals surface area contributed by atoms with Crippen LogP contribution in [-0.4, -0.2) is 39.7 Å². The van der Waals surface area contributed by atoms with Gasteiger partial charge in [0.05, 0.1) is 5.69 Å². The summed E-state index contributed by atoms with van der Waals surface area (Å²) in [6, 6.07) is 6.36. The minimum atomic E-state index is -5.08. The van der Waals surface area contributed by atoms with Crippen molar-refractivity contribution in [1.82, 2.24) is 9.97 Å². The highest BCUT2D eigenvalue weighted by atomic mass is 19.4. The van der Waals surface area contributed by atoms with Gasteiger partial charge in [0.15, 0.2) is 0 Å².